The fourth-order valence-corrected chi connectivity index (χ4v) is 8.00. The van der Waals surface area contributed by atoms with Crippen LogP contribution in [0.15, 0.2) is 84.9 Å². The van der Waals surface area contributed by atoms with Gasteiger partial charge in [0.15, 0.2) is 0 Å². The number of aromatic amines is 1. The van der Waals surface area contributed by atoms with Crippen molar-refractivity contribution >= 4 is 21.8 Å². The van der Waals surface area contributed by atoms with E-state index in [4.69, 9.17) is 18.9 Å². The van der Waals surface area contributed by atoms with E-state index < -0.39 is 5.54 Å². The maximum Gasteiger partial charge on any atom is 0.132 e. The van der Waals surface area contributed by atoms with Gasteiger partial charge in [0.05, 0.1) is 45.2 Å². The smallest absolute Gasteiger partial charge is 0.132 e. The first-order chi connectivity index (χ1) is 21.3. The zero-order valence-electron chi connectivity index (χ0n) is 26.4. The molecule has 6 aromatic rings. The fourth-order valence-electron chi connectivity index (χ4n) is 8.00. The highest BCUT2D eigenvalue weighted by Crippen LogP contribution is 2.60. The molecule has 4 aromatic carbocycles. The second-order valence-electron chi connectivity index (χ2n) is 12.0. The van der Waals surface area contributed by atoms with Gasteiger partial charge in [-0.15, -0.1) is 0 Å². The molecular weight excluding hydrogens is 548 g/mol. The lowest BCUT2D eigenvalue weighted by molar-refractivity contribution is 0.393. The number of rotatable bonds is 7. The van der Waals surface area contributed by atoms with Gasteiger partial charge < -0.3 is 28.5 Å². The van der Waals surface area contributed by atoms with Crippen molar-refractivity contribution in [1.29, 1.82) is 0 Å². The van der Waals surface area contributed by atoms with Gasteiger partial charge in [0.1, 0.15) is 28.5 Å². The molecule has 1 N–H and O–H groups in total. The van der Waals surface area contributed by atoms with Crippen LogP contribution in [0.5, 0.6) is 23.0 Å². The summed E-state index contributed by atoms with van der Waals surface area (Å²) in [5.41, 5.74) is 8.27. The molecule has 0 bridgehead atoms. The van der Waals surface area contributed by atoms with E-state index in [1.807, 2.05) is 12.1 Å². The van der Waals surface area contributed by atoms with Crippen LogP contribution in [0.1, 0.15) is 47.0 Å². The topological polar surface area (TPSA) is 57.6 Å². The number of nitrogens with zero attached hydrogens (tertiary/aromatic N) is 1. The minimum Gasteiger partial charge on any atom is -0.497 e. The van der Waals surface area contributed by atoms with Gasteiger partial charge in [-0.25, -0.2) is 0 Å². The number of benzene rings is 4. The van der Waals surface area contributed by atoms with Gasteiger partial charge >= 0.3 is 0 Å². The van der Waals surface area contributed by atoms with Crippen molar-refractivity contribution in [3.63, 3.8) is 0 Å². The molecule has 3 heterocycles. The normalized spacial score (nSPS) is 19.3. The number of methoxy groups -OCH3 is 4. The zero-order chi connectivity index (χ0) is 30.8. The Labute approximate surface area is 258 Å². The second kappa shape index (κ2) is 10.1. The summed E-state index contributed by atoms with van der Waals surface area (Å²) in [5.74, 6) is 3.08. The highest BCUT2D eigenvalue weighted by atomic mass is 16.5. The molecule has 44 heavy (non-hydrogen) atoms. The van der Waals surface area contributed by atoms with Crippen molar-refractivity contribution in [1.82, 2.24) is 9.55 Å². The van der Waals surface area contributed by atoms with Gasteiger partial charge in [0.25, 0.3) is 0 Å². The number of ether oxygens (including phenoxy) is 4. The molecule has 7 rings (SSSR count). The fraction of sp³-hybridized carbons (Fsp3) is 0.263. The summed E-state index contributed by atoms with van der Waals surface area (Å²) in [7, 11) is 6.85. The molecule has 1 aliphatic heterocycles. The van der Waals surface area contributed by atoms with Crippen molar-refractivity contribution in [3.8, 4) is 23.0 Å². The van der Waals surface area contributed by atoms with Gasteiger partial charge in [0, 0.05) is 46.1 Å². The lowest BCUT2D eigenvalue weighted by Crippen LogP contribution is -2.35. The molecule has 2 aromatic heterocycles. The Kier molecular flexibility index (Phi) is 6.43. The molecule has 0 fully saturated rings. The lowest BCUT2D eigenvalue weighted by Gasteiger charge is -2.35. The van der Waals surface area contributed by atoms with E-state index in [2.05, 4.69) is 103 Å². The summed E-state index contributed by atoms with van der Waals surface area (Å²) < 4.78 is 26.1. The number of hydrogen-bond acceptors (Lipinski definition) is 4. The third-order valence-corrected chi connectivity index (χ3v) is 9.84. The van der Waals surface area contributed by atoms with Crippen LogP contribution in [0.25, 0.3) is 21.8 Å². The van der Waals surface area contributed by atoms with E-state index in [1.165, 1.54) is 22.4 Å². The average Bonchev–Trinajstić information content (AvgIpc) is 3.68. The number of aryl methyl sites for hydroxylation is 2. The highest BCUT2D eigenvalue weighted by Gasteiger charge is 2.56. The summed E-state index contributed by atoms with van der Waals surface area (Å²) in [5, 5.41) is 2.15. The van der Waals surface area contributed by atoms with Crippen LogP contribution in [-0.2, 0) is 11.0 Å². The van der Waals surface area contributed by atoms with Crippen molar-refractivity contribution in [2.45, 2.75) is 38.1 Å². The molecule has 0 aliphatic carbocycles. The summed E-state index contributed by atoms with van der Waals surface area (Å²) in [6.07, 6.45) is 0.798. The first-order valence-corrected chi connectivity index (χ1v) is 15.0. The standard InChI is InChI=1S/C38H38N2O4/c1-23-33-29(18-27(41-4)20-31(33)43-6)39-35(23)38(26-16-12-9-13-17-26)22-37(3,25-14-10-8-11-15-25)36-24(2)34-30(40(36)38)19-28(42-5)21-32(34)44-7/h8-21,39H,22H2,1-7H3. The van der Waals surface area contributed by atoms with Crippen LogP contribution in [0.4, 0.5) is 0 Å². The van der Waals surface area contributed by atoms with Crippen LogP contribution in [0.3, 0.4) is 0 Å². The summed E-state index contributed by atoms with van der Waals surface area (Å²) in [6, 6.07) is 29.9. The SMILES string of the molecule is COc1cc(OC)c2c(C)c(C3(c4ccccc4)CC(C)(c4ccccc4)c4c(C)c5c(OC)cc(OC)cc5n43)[nH]c2c1. The van der Waals surface area contributed by atoms with Gasteiger partial charge in [0.2, 0.25) is 0 Å². The number of H-pyrrole nitrogens is 1. The summed E-state index contributed by atoms with van der Waals surface area (Å²) in [4.78, 5) is 3.91. The quantitative estimate of drug-likeness (QED) is 0.205. The third kappa shape index (κ3) is 3.66. The van der Waals surface area contributed by atoms with Crippen LogP contribution >= 0.6 is 0 Å². The second-order valence-corrected chi connectivity index (χ2v) is 12.0. The monoisotopic (exact) mass is 586 g/mol. The Morgan fingerprint density at radius 2 is 1.23 bits per heavy atom. The van der Waals surface area contributed by atoms with Crippen molar-refractivity contribution < 1.29 is 18.9 Å². The minimum atomic E-state index is -0.619. The van der Waals surface area contributed by atoms with E-state index >= 15 is 0 Å². The largest absolute Gasteiger partial charge is 0.497 e. The van der Waals surface area contributed by atoms with E-state index in [0.717, 1.165) is 62.5 Å². The molecule has 1 aliphatic rings. The van der Waals surface area contributed by atoms with Crippen molar-refractivity contribution in [2.75, 3.05) is 28.4 Å². The van der Waals surface area contributed by atoms with Crippen molar-refractivity contribution in [2.24, 2.45) is 0 Å². The first-order valence-electron chi connectivity index (χ1n) is 15.0. The highest BCUT2D eigenvalue weighted by molar-refractivity contribution is 5.96. The maximum absolute atomic E-state index is 6.04. The van der Waals surface area contributed by atoms with Gasteiger partial charge in [-0.3, -0.25) is 0 Å². The molecule has 0 amide bonds. The number of nitrogens with one attached hydrogen (secondary N) is 1. The number of hydrogen-bond donors (Lipinski definition) is 1. The Balaban J connectivity index is 1.70. The van der Waals surface area contributed by atoms with E-state index in [1.54, 1.807) is 28.4 Å². The van der Waals surface area contributed by atoms with Crippen LogP contribution in [-0.4, -0.2) is 38.0 Å². The predicted octanol–water partition coefficient (Wildman–Crippen LogP) is 8.28. The van der Waals surface area contributed by atoms with Crippen molar-refractivity contribution in [3.05, 3.63) is 119 Å². The molecule has 224 valence electrons. The molecule has 6 heteroatoms. The third-order valence-electron chi connectivity index (χ3n) is 9.84. The van der Waals surface area contributed by atoms with Gasteiger partial charge in [-0.2, -0.15) is 0 Å². The molecule has 0 saturated carbocycles. The number of fused-ring (bicyclic) bond motifs is 4. The average molecular weight is 587 g/mol. The minimum absolute atomic E-state index is 0.343. The maximum atomic E-state index is 6.04. The van der Waals surface area contributed by atoms with E-state index in [-0.39, 0.29) is 5.41 Å². The van der Waals surface area contributed by atoms with E-state index in [9.17, 15) is 0 Å². The molecular formula is C38H38N2O4. The van der Waals surface area contributed by atoms with E-state index in [0.29, 0.717) is 0 Å². The van der Waals surface area contributed by atoms with Crippen LogP contribution in [0, 0.1) is 13.8 Å². The molecule has 2 atom stereocenters. The van der Waals surface area contributed by atoms with Crippen LogP contribution in [0.2, 0.25) is 0 Å². The Morgan fingerprint density at radius 3 is 1.82 bits per heavy atom. The molecule has 0 saturated heterocycles. The number of aromatic nitrogens is 2. The molecule has 0 radical (unpaired) electrons. The predicted molar refractivity (Wildman–Crippen MR) is 176 cm³/mol. The summed E-state index contributed by atoms with van der Waals surface area (Å²) >= 11 is 0. The van der Waals surface area contributed by atoms with Gasteiger partial charge in [-0.1, -0.05) is 60.7 Å². The first kappa shape index (κ1) is 28.0. The Morgan fingerprint density at radius 1 is 0.659 bits per heavy atom. The van der Waals surface area contributed by atoms with Crippen LogP contribution < -0.4 is 18.9 Å². The molecule has 0 spiro atoms. The lowest BCUT2D eigenvalue weighted by atomic mass is 9.70. The molecule has 2 unspecified atom stereocenters. The summed E-state index contributed by atoms with van der Waals surface area (Å²) in [6.45, 7) is 6.82. The Bertz CT molecular complexity index is 2030. The van der Waals surface area contributed by atoms with Gasteiger partial charge in [-0.05, 0) is 49.4 Å². The Hall–Kier alpha value is -4.84. The molecule has 6 nitrogen and oxygen atoms in total. The zero-order valence-corrected chi connectivity index (χ0v) is 26.4.